The average Bonchev–Trinajstić information content (AvgIpc) is 2.94. The molecule has 1 aliphatic heterocycles. The fourth-order valence-corrected chi connectivity index (χ4v) is 2.55. The summed E-state index contributed by atoms with van der Waals surface area (Å²) in [5.41, 5.74) is 2.35. The van der Waals surface area contributed by atoms with Crippen LogP contribution < -0.4 is 16.0 Å². The molecule has 0 amide bonds. The van der Waals surface area contributed by atoms with Crippen LogP contribution in [0, 0.1) is 0 Å². The minimum absolute atomic E-state index is 0.355. The van der Waals surface area contributed by atoms with Crippen molar-refractivity contribution >= 4 is 11.5 Å². The first-order valence-corrected chi connectivity index (χ1v) is 7.37. The maximum absolute atomic E-state index is 4.35. The Labute approximate surface area is 125 Å². The second-order valence-corrected chi connectivity index (χ2v) is 5.63. The first-order valence-electron chi connectivity index (χ1n) is 7.37. The highest BCUT2D eigenvalue weighted by Gasteiger charge is 2.17. The predicted octanol–water partition coefficient (Wildman–Crippen LogP) is 1.41. The van der Waals surface area contributed by atoms with Crippen molar-refractivity contribution in [3.05, 3.63) is 36.3 Å². The average molecular weight is 286 g/mol. The van der Waals surface area contributed by atoms with Crippen molar-refractivity contribution < 1.29 is 0 Å². The van der Waals surface area contributed by atoms with Crippen molar-refractivity contribution in [2.75, 3.05) is 30.3 Å². The van der Waals surface area contributed by atoms with E-state index >= 15 is 0 Å². The summed E-state index contributed by atoms with van der Waals surface area (Å²) >= 11 is 0. The fourth-order valence-electron chi connectivity index (χ4n) is 2.55. The van der Waals surface area contributed by atoms with Gasteiger partial charge in [0, 0.05) is 39.1 Å². The van der Waals surface area contributed by atoms with Crippen LogP contribution in [0.2, 0.25) is 0 Å². The third kappa shape index (κ3) is 3.33. The molecular formula is C15H22N6. The molecule has 6 nitrogen and oxygen atoms in total. The zero-order valence-corrected chi connectivity index (χ0v) is 12.5. The van der Waals surface area contributed by atoms with Crippen molar-refractivity contribution in [2.24, 2.45) is 7.05 Å². The number of hydrogen-bond donors (Lipinski definition) is 3. The first kappa shape index (κ1) is 13.9. The first-order chi connectivity index (χ1) is 10.2. The molecule has 0 fully saturated rings. The Morgan fingerprint density at radius 1 is 1.52 bits per heavy atom. The SMILES string of the molecule is C[C@H](CNC[C@H]1CNc2cccnc2N1)c1cnn(C)c1. The summed E-state index contributed by atoms with van der Waals surface area (Å²) in [4.78, 5) is 4.35. The highest BCUT2D eigenvalue weighted by Crippen LogP contribution is 2.22. The molecule has 0 spiro atoms. The third-order valence-electron chi connectivity index (χ3n) is 3.82. The lowest BCUT2D eigenvalue weighted by Gasteiger charge is -2.27. The highest BCUT2D eigenvalue weighted by atomic mass is 15.2. The maximum Gasteiger partial charge on any atom is 0.149 e. The summed E-state index contributed by atoms with van der Waals surface area (Å²) in [5, 5.41) is 14.6. The van der Waals surface area contributed by atoms with Gasteiger partial charge in [-0.15, -0.1) is 0 Å². The molecule has 2 aromatic heterocycles. The fraction of sp³-hybridized carbons (Fsp3) is 0.467. The minimum Gasteiger partial charge on any atom is -0.380 e. The predicted molar refractivity (Wildman–Crippen MR) is 84.6 cm³/mol. The van der Waals surface area contributed by atoms with Gasteiger partial charge in [0.1, 0.15) is 5.82 Å². The van der Waals surface area contributed by atoms with Crippen molar-refractivity contribution in [1.82, 2.24) is 20.1 Å². The molecule has 6 heteroatoms. The number of nitrogens with one attached hydrogen (secondary N) is 3. The Balaban J connectivity index is 1.46. The molecule has 0 bridgehead atoms. The zero-order valence-electron chi connectivity index (χ0n) is 12.5. The van der Waals surface area contributed by atoms with Gasteiger partial charge in [-0.05, 0) is 23.6 Å². The standard InChI is InChI=1S/C15H22N6/c1-11(12-7-19-21(2)10-12)6-16-8-13-9-18-14-4-3-5-17-15(14)20-13/h3-5,7,10-11,13,16,18H,6,8-9H2,1-2H3,(H,17,20)/t11-,13+/m1/s1. The number of anilines is 2. The van der Waals surface area contributed by atoms with E-state index in [1.807, 2.05) is 36.3 Å². The molecular weight excluding hydrogens is 264 g/mol. The topological polar surface area (TPSA) is 66.8 Å². The van der Waals surface area contributed by atoms with Gasteiger partial charge in [-0.1, -0.05) is 6.92 Å². The molecule has 0 saturated heterocycles. The van der Waals surface area contributed by atoms with Gasteiger partial charge in [0.2, 0.25) is 0 Å². The molecule has 21 heavy (non-hydrogen) atoms. The van der Waals surface area contributed by atoms with Crippen LogP contribution in [0.5, 0.6) is 0 Å². The van der Waals surface area contributed by atoms with Crippen LogP contribution in [0.3, 0.4) is 0 Å². The van der Waals surface area contributed by atoms with Crippen LogP contribution in [-0.2, 0) is 7.05 Å². The Morgan fingerprint density at radius 2 is 2.43 bits per heavy atom. The highest BCUT2D eigenvalue weighted by molar-refractivity contribution is 5.66. The van der Waals surface area contributed by atoms with E-state index in [1.165, 1.54) is 5.56 Å². The Bertz CT molecular complexity index is 593. The summed E-state index contributed by atoms with van der Waals surface area (Å²) in [6.45, 7) is 4.98. The van der Waals surface area contributed by atoms with Crippen LogP contribution >= 0.6 is 0 Å². The van der Waals surface area contributed by atoms with Gasteiger partial charge in [-0.2, -0.15) is 5.10 Å². The van der Waals surface area contributed by atoms with Crippen molar-refractivity contribution in [3.63, 3.8) is 0 Å². The van der Waals surface area contributed by atoms with E-state index in [0.717, 1.165) is 31.1 Å². The van der Waals surface area contributed by atoms with Gasteiger partial charge in [0.25, 0.3) is 0 Å². The monoisotopic (exact) mass is 286 g/mol. The second-order valence-electron chi connectivity index (χ2n) is 5.63. The largest absolute Gasteiger partial charge is 0.380 e. The second kappa shape index (κ2) is 6.13. The van der Waals surface area contributed by atoms with Gasteiger partial charge in [-0.25, -0.2) is 4.98 Å². The molecule has 3 heterocycles. The molecule has 0 saturated carbocycles. The third-order valence-corrected chi connectivity index (χ3v) is 3.82. The van der Waals surface area contributed by atoms with Gasteiger partial charge >= 0.3 is 0 Å². The lowest BCUT2D eigenvalue weighted by Crippen LogP contribution is -2.42. The van der Waals surface area contributed by atoms with Gasteiger partial charge < -0.3 is 16.0 Å². The van der Waals surface area contributed by atoms with Crippen molar-refractivity contribution in [2.45, 2.75) is 18.9 Å². The number of rotatable bonds is 5. The van der Waals surface area contributed by atoms with Crippen LogP contribution in [0.4, 0.5) is 11.5 Å². The van der Waals surface area contributed by atoms with Gasteiger partial charge in [-0.3, -0.25) is 4.68 Å². The van der Waals surface area contributed by atoms with Gasteiger partial charge in [0.15, 0.2) is 0 Å². The Kier molecular flexibility index (Phi) is 4.06. The zero-order chi connectivity index (χ0) is 14.7. The van der Waals surface area contributed by atoms with Crippen LogP contribution in [0.25, 0.3) is 0 Å². The molecule has 112 valence electrons. The van der Waals surface area contributed by atoms with Crippen LogP contribution in [-0.4, -0.2) is 40.4 Å². The Hall–Kier alpha value is -2.08. The molecule has 2 atom stereocenters. The molecule has 0 aromatic carbocycles. The van der Waals surface area contributed by atoms with E-state index in [-0.39, 0.29) is 0 Å². The number of pyridine rings is 1. The molecule has 1 aliphatic rings. The summed E-state index contributed by atoms with van der Waals surface area (Å²) in [6.07, 6.45) is 5.83. The minimum atomic E-state index is 0.355. The number of nitrogens with zero attached hydrogens (tertiary/aromatic N) is 3. The smallest absolute Gasteiger partial charge is 0.149 e. The summed E-state index contributed by atoms with van der Waals surface area (Å²) in [5.74, 6) is 1.40. The summed E-state index contributed by atoms with van der Waals surface area (Å²) < 4.78 is 1.85. The number of aromatic nitrogens is 3. The van der Waals surface area contributed by atoms with E-state index in [9.17, 15) is 0 Å². The van der Waals surface area contributed by atoms with Crippen LogP contribution in [0.15, 0.2) is 30.7 Å². The molecule has 0 aliphatic carbocycles. The van der Waals surface area contributed by atoms with E-state index in [4.69, 9.17) is 0 Å². The van der Waals surface area contributed by atoms with E-state index in [2.05, 4.69) is 39.2 Å². The summed E-state index contributed by atoms with van der Waals surface area (Å²) in [6, 6.07) is 4.35. The lowest BCUT2D eigenvalue weighted by molar-refractivity contribution is 0.572. The maximum atomic E-state index is 4.35. The number of hydrogen-bond acceptors (Lipinski definition) is 5. The lowest BCUT2D eigenvalue weighted by atomic mass is 10.1. The van der Waals surface area contributed by atoms with E-state index in [1.54, 1.807) is 0 Å². The van der Waals surface area contributed by atoms with Crippen molar-refractivity contribution in [3.8, 4) is 0 Å². The molecule has 0 unspecified atom stereocenters. The normalized spacial score (nSPS) is 18.5. The van der Waals surface area contributed by atoms with E-state index < -0.39 is 0 Å². The quantitative estimate of drug-likeness (QED) is 0.775. The molecule has 3 rings (SSSR count). The van der Waals surface area contributed by atoms with Crippen LogP contribution in [0.1, 0.15) is 18.4 Å². The number of fused-ring (bicyclic) bond motifs is 1. The summed E-state index contributed by atoms with van der Waals surface area (Å²) in [7, 11) is 1.95. The number of aryl methyl sites for hydroxylation is 1. The molecule has 3 N–H and O–H groups in total. The van der Waals surface area contributed by atoms with Crippen molar-refractivity contribution in [1.29, 1.82) is 0 Å². The molecule has 2 aromatic rings. The van der Waals surface area contributed by atoms with Gasteiger partial charge in [0.05, 0.1) is 17.9 Å². The van der Waals surface area contributed by atoms with E-state index in [0.29, 0.717) is 12.0 Å². The Morgan fingerprint density at radius 3 is 3.24 bits per heavy atom. The molecule has 0 radical (unpaired) electrons.